The summed E-state index contributed by atoms with van der Waals surface area (Å²) in [6.45, 7) is 1.32. The lowest BCUT2D eigenvalue weighted by molar-refractivity contribution is -0.141. The maximum Gasteiger partial charge on any atom is 0.325 e. The third kappa shape index (κ3) is 9.42. The normalized spacial score (nSPS) is 12.9. The maximum absolute atomic E-state index is 13.5. The number of thioether (sulfide) groups is 2. The van der Waals surface area contributed by atoms with E-state index in [2.05, 4.69) is 10.6 Å². The van der Waals surface area contributed by atoms with Gasteiger partial charge in [-0.25, -0.2) is 0 Å². The fourth-order valence-electron chi connectivity index (χ4n) is 3.44. The van der Waals surface area contributed by atoms with Crippen LogP contribution in [0.15, 0.2) is 91.0 Å². The van der Waals surface area contributed by atoms with Gasteiger partial charge in [-0.15, -0.1) is 0 Å². The Bertz CT molecular complexity index is 1290. The zero-order valence-electron chi connectivity index (χ0n) is 21.1. The second kappa shape index (κ2) is 14.9. The zero-order valence-corrected chi connectivity index (χ0v) is 22.7. The Kier molecular flexibility index (Phi) is 11.3. The molecule has 0 saturated heterocycles. The van der Waals surface area contributed by atoms with E-state index in [0.29, 0.717) is 11.1 Å². The molecule has 0 aliphatic heterocycles. The number of carboxylic acid groups (broad SMARTS) is 1. The average molecular weight is 565 g/mol. The molecular formula is C29H28N2O6S2. The Hall–Kier alpha value is -3.89. The predicted octanol–water partition coefficient (Wildman–Crippen LogP) is 3.82. The van der Waals surface area contributed by atoms with Crippen molar-refractivity contribution in [1.82, 2.24) is 10.6 Å². The molecule has 3 aromatic rings. The summed E-state index contributed by atoms with van der Waals surface area (Å²) < 4.78 is 0. The van der Waals surface area contributed by atoms with Gasteiger partial charge in [0.05, 0.1) is 0 Å². The van der Waals surface area contributed by atoms with Gasteiger partial charge in [-0.05, 0) is 12.5 Å². The van der Waals surface area contributed by atoms with Crippen molar-refractivity contribution in [1.29, 1.82) is 0 Å². The van der Waals surface area contributed by atoms with E-state index in [1.165, 1.54) is 6.92 Å². The van der Waals surface area contributed by atoms with Crippen LogP contribution in [0.5, 0.6) is 0 Å². The number of hydrogen-bond acceptors (Lipinski definition) is 7. The first-order valence-electron chi connectivity index (χ1n) is 12.1. The Morgan fingerprint density at radius 1 is 0.718 bits per heavy atom. The molecule has 2 amide bonds. The molecule has 0 radical (unpaired) electrons. The minimum Gasteiger partial charge on any atom is -0.480 e. The number of carboxylic acids is 1. The molecule has 3 atom stereocenters. The van der Waals surface area contributed by atoms with Gasteiger partial charge in [-0.1, -0.05) is 115 Å². The van der Waals surface area contributed by atoms with E-state index in [1.54, 1.807) is 84.9 Å². The number of aliphatic carboxylic acids is 1. The van der Waals surface area contributed by atoms with Crippen LogP contribution in [0.3, 0.4) is 0 Å². The standard InChI is InChI=1S/C29H28N2O6S2/c1-19(27(34)35)30-25(32)23(17-20-11-5-2-6-12-20)31-26(33)24(39-29(37)22-15-9-4-10-16-22)18-38-28(36)21-13-7-3-8-14-21/h2-16,19,23-24H,17-18H2,1H3,(H,30,32)(H,31,33)(H,34,35)/t19-,23-,24?/m0/s1. The topological polar surface area (TPSA) is 130 Å². The smallest absolute Gasteiger partial charge is 0.325 e. The molecule has 0 spiro atoms. The van der Waals surface area contributed by atoms with E-state index >= 15 is 0 Å². The molecule has 8 nitrogen and oxygen atoms in total. The Morgan fingerprint density at radius 2 is 1.23 bits per heavy atom. The van der Waals surface area contributed by atoms with Crippen molar-refractivity contribution < 1.29 is 29.1 Å². The lowest BCUT2D eigenvalue weighted by atomic mass is 10.0. The fourth-order valence-corrected chi connectivity index (χ4v) is 5.38. The van der Waals surface area contributed by atoms with Gasteiger partial charge in [0.1, 0.15) is 17.3 Å². The molecule has 3 rings (SSSR count). The van der Waals surface area contributed by atoms with Crippen molar-refractivity contribution in [3.05, 3.63) is 108 Å². The number of hydrogen-bond donors (Lipinski definition) is 3. The monoisotopic (exact) mass is 564 g/mol. The van der Waals surface area contributed by atoms with Gasteiger partial charge in [-0.3, -0.25) is 24.0 Å². The highest BCUT2D eigenvalue weighted by Crippen LogP contribution is 2.24. The minimum absolute atomic E-state index is 0.0198. The molecule has 0 aliphatic carbocycles. The van der Waals surface area contributed by atoms with E-state index in [4.69, 9.17) is 0 Å². The summed E-state index contributed by atoms with van der Waals surface area (Å²) in [5, 5.41) is 12.7. The largest absolute Gasteiger partial charge is 0.480 e. The van der Waals surface area contributed by atoms with Crippen molar-refractivity contribution in [2.75, 3.05) is 5.75 Å². The molecule has 0 saturated carbocycles. The molecule has 1 unspecified atom stereocenters. The van der Waals surface area contributed by atoms with Crippen LogP contribution in [0.2, 0.25) is 0 Å². The second-order valence-corrected chi connectivity index (χ2v) is 10.7. The first kappa shape index (κ1) is 29.7. The van der Waals surface area contributed by atoms with Crippen LogP contribution < -0.4 is 10.6 Å². The zero-order chi connectivity index (χ0) is 28.2. The number of amides is 2. The first-order chi connectivity index (χ1) is 18.7. The van der Waals surface area contributed by atoms with E-state index in [9.17, 15) is 29.1 Å². The molecule has 0 aliphatic rings. The number of carbonyl (C=O) groups is 5. The molecule has 202 valence electrons. The lowest BCUT2D eigenvalue weighted by Gasteiger charge is -2.23. The van der Waals surface area contributed by atoms with Gasteiger partial charge in [0.25, 0.3) is 0 Å². The summed E-state index contributed by atoms with van der Waals surface area (Å²) in [5.41, 5.74) is 1.61. The highest BCUT2D eigenvalue weighted by Gasteiger charge is 2.30. The fraction of sp³-hybridized carbons (Fsp3) is 0.207. The van der Waals surface area contributed by atoms with Crippen molar-refractivity contribution >= 4 is 51.5 Å². The average Bonchev–Trinajstić information content (AvgIpc) is 2.95. The highest BCUT2D eigenvalue weighted by molar-refractivity contribution is 8.18. The third-order valence-electron chi connectivity index (χ3n) is 5.57. The number of carbonyl (C=O) groups excluding carboxylic acids is 4. The van der Waals surface area contributed by atoms with Crippen LogP contribution in [0, 0.1) is 0 Å². The van der Waals surface area contributed by atoms with Crippen LogP contribution in [0.1, 0.15) is 33.2 Å². The number of nitrogens with one attached hydrogen (secondary N) is 2. The molecule has 10 heteroatoms. The van der Waals surface area contributed by atoms with Gasteiger partial charge in [-0.2, -0.15) is 0 Å². The molecule has 0 fully saturated rings. The van der Waals surface area contributed by atoms with Gasteiger partial charge in [0, 0.05) is 23.3 Å². The number of rotatable bonds is 12. The van der Waals surface area contributed by atoms with Crippen LogP contribution >= 0.6 is 23.5 Å². The highest BCUT2D eigenvalue weighted by atomic mass is 32.2. The van der Waals surface area contributed by atoms with Crippen LogP contribution in [0.4, 0.5) is 0 Å². The molecule has 0 aromatic heterocycles. The molecule has 0 heterocycles. The summed E-state index contributed by atoms with van der Waals surface area (Å²) in [7, 11) is 0. The van der Waals surface area contributed by atoms with E-state index < -0.39 is 35.1 Å². The van der Waals surface area contributed by atoms with Crippen LogP contribution in [-0.2, 0) is 20.8 Å². The van der Waals surface area contributed by atoms with Gasteiger partial charge in [0.2, 0.25) is 22.0 Å². The molecule has 0 bridgehead atoms. The van der Waals surface area contributed by atoms with Gasteiger partial charge in [0.15, 0.2) is 0 Å². The minimum atomic E-state index is -1.22. The summed E-state index contributed by atoms with van der Waals surface area (Å²) in [6.07, 6.45) is 0.102. The summed E-state index contributed by atoms with van der Waals surface area (Å²) in [6, 6.07) is 23.7. The SMILES string of the molecule is C[C@H](NC(=O)[C@H](Cc1ccccc1)NC(=O)C(CSC(=O)c1ccccc1)SC(=O)c1ccccc1)C(=O)O. The lowest BCUT2D eigenvalue weighted by Crippen LogP contribution is -2.53. The summed E-state index contributed by atoms with van der Waals surface area (Å²) in [4.78, 5) is 63.4. The summed E-state index contributed by atoms with van der Waals surface area (Å²) >= 11 is 1.68. The quantitative estimate of drug-likeness (QED) is 0.303. The third-order valence-corrected chi connectivity index (χ3v) is 7.90. The van der Waals surface area contributed by atoms with Gasteiger partial charge < -0.3 is 15.7 Å². The summed E-state index contributed by atoms with van der Waals surface area (Å²) in [5.74, 6) is -2.52. The van der Waals surface area contributed by atoms with Crippen LogP contribution in [0.25, 0.3) is 0 Å². The van der Waals surface area contributed by atoms with E-state index in [0.717, 1.165) is 29.1 Å². The number of benzene rings is 3. The van der Waals surface area contributed by atoms with E-state index in [-0.39, 0.29) is 22.4 Å². The van der Waals surface area contributed by atoms with Crippen molar-refractivity contribution in [3.63, 3.8) is 0 Å². The first-order valence-corrected chi connectivity index (χ1v) is 14.0. The predicted molar refractivity (Wildman–Crippen MR) is 153 cm³/mol. The van der Waals surface area contributed by atoms with Crippen molar-refractivity contribution in [2.24, 2.45) is 0 Å². The molecule has 3 aromatic carbocycles. The van der Waals surface area contributed by atoms with Gasteiger partial charge >= 0.3 is 5.97 Å². The molecule has 3 N–H and O–H groups in total. The molecular weight excluding hydrogens is 536 g/mol. The van der Waals surface area contributed by atoms with Crippen molar-refractivity contribution in [2.45, 2.75) is 30.7 Å². The Balaban J connectivity index is 1.80. The van der Waals surface area contributed by atoms with Crippen molar-refractivity contribution in [3.8, 4) is 0 Å². The van der Waals surface area contributed by atoms with E-state index in [1.807, 2.05) is 6.07 Å². The Morgan fingerprint density at radius 3 is 1.77 bits per heavy atom. The molecule has 39 heavy (non-hydrogen) atoms. The Labute approximate surface area is 235 Å². The second-order valence-electron chi connectivity index (χ2n) is 8.54. The maximum atomic E-state index is 13.5. The van der Waals surface area contributed by atoms with Crippen LogP contribution in [-0.4, -0.2) is 56.2 Å².